The summed E-state index contributed by atoms with van der Waals surface area (Å²) in [5, 5.41) is 2.01. The fourth-order valence-electron chi connectivity index (χ4n) is 2.11. The third-order valence-electron chi connectivity index (χ3n) is 3.14. The van der Waals surface area contributed by atoms with E-state index in [0.717, 1.165) is 10.8 Å². The van der Waals surface area contributed by atoms with Crippen LogP contribution in [0.1, 0.15) is 10.4 Å². The summed E-state index contributed by atoms with van der Waals surface area (Å²) < 4.78 is 5.76. The van der Waals surface area contributed by atoms with Gasteiger partial charge in [-0.2, -0.15) is 0 Å². The van der Waals surface area contributed by atoms with E-state index in [1.165, 1.54) is 12.3 Å². The molecule has 5 heteroatoms. The van der Waals surface area contributed by atoms with Gasteiger partial charge in [0.05, 0.1) is 17.4 Å². The van der Waals surface area contributed by atoms with Crippen LogP contribution >= 0.6 is 0 Å². The van der Waals surface area contributed by atoms with Gasteiger partial charge in [0, 0.05) is 11.5 Å². The Hall–Kier alpha value is -3.08. The van der Waals surface area contributed by atoms with Crippen molar-refractivity contribution in [1.29, 1.82) is 0 Å². The number of hydrogen-bond acceptors (Lipinski definition) is 4. The van der Waals surface area contributed by atoms with Crippen molar-refractivity contribution < 1.29 is 9.53 Å². The molecule has 104 valence electrons. The van der Waals surface area contributed by atoms with Crippen molar-refractivity contribution in [2.75, 3.05) is 5.73 Å². The molecule has 0 spiro atoms. The first-order valence-electron chi connectivity index (χ1n) is 6.36. The zero-order chi connectivity index (χ0) is 14.8. The van der Waals surface area contributed by atoms with Crippen LogP contribution in [-0.2, 0) is 0 Å². The molecule has 0 aliphatic carbocycles. The van der Waals surface area contributed by atoms with Gasteiger partial charge in [-0.1, -0.05) is 36.4 Å². The minimum atomic E-state index is -0.613. The summed E-state index contributed by atoms with van der Waals surface area (Å²) >= 11 is 0. The Balaban J connectivity index is 2.03. The van der Waals surface area contributed by atoms with Crippen molar-refractivity contribution in [3.63, 3.8) is 0 Å². The summed E-state index contributed by atoms with van der Waals surface area (Å²) in [5.74, 6) is 0.313. The second kappa shape index (κ2) is 5.13. The molecule has 0 atom stereocenters. The fourth-order valence-corrected chi connectivity index (χ4v) is 2.11. The molecular weight excluding hydrogens is 266 g/mol. The van der Waals surface area contributed by atoms with Crippen LogP contribution in [0, 0.1) is 0 Å². The predicted octanol–water partition coefficient (Wildman–Crippen LogP) is 2.71. The van der Waals surface area contributed by atoms with Gasteiger partial charge < -0.3 is 16.2 Å². The normalized spacial score (nSPS) is 10.5. The summed E-state index contributed by atoms with van der Waals surface area (Å²) in [6, 6.07) is 15.0. The van der Waals surface area contributed by atoms with Gasteiger partial charge in [0.15, 0.2) is 0 Å². The molecule has 0 saturated carbocycles. The van der Waals surface area contributed by atoms with Crippen LogP contribution in [-0.4, -0.2) is 10.9 Å². The standard InChI is InChI=1S/C16H13N3O2/c17-13-9-19-15(8-12(13)16(18)20)21-14-7-3-5-10-4-1-2-6-11(10)14/h1-9H,17H2,(H2,18,20). The first-order valence-corrected chi connectivity index (χ1v) is 6.36. The monoisotopic (exact) mass is 279 g/mol. The van der Waals surface area contributed by atoms with E-state index in [9.17, 15) is 4.79 Å². The molecular formula is C16H13N3O2. The minimum Gasteiger partial charge on any atom is -0.438 e. The van der Waals surface area contributed by atoms with Crippen LogP contribution in [0.3, 0.4) is 0 Å². The number of carbonyl (C=O) groups is 1. The number of nitrogen functional groups attached to an aromatic ring is 1. The molecule has 0 aliphatic heterocycles. The lowest BCUT2D eigenvalue weighted by Gasteiger charge is -2.09. The third-order valence-corrected chi connectivity index (χ3v) is 3.14. The quantitative estimate of drug-likeness (QED) is 0.771. The molecule has 0 fully saturated rings. The van der Waals surface area contributed by atoms with E-state index >= 15 is 0 Å². The van der Waals surface area contributed by atoms with E-state index in [-0.39, 0.29) is 17.1 Å². The average molecular weight is 279 g/mol. The van der Waals surface area contributed by atoms with Crippen molar-refractivity contribution in [1.82, 2.24) is 4.98 Å². The highest BCUT2D eigenvalue weighted by Gasteiger charge is 2.10. The average Bonchev–Trinajstić information content (AvgIpc) is 2.49. The second-order valence-corrected chi connectivity index (χ2v) is 4.55. The number of hydrogen-bond donors (Lipinski definition) is 2. The fraction of sp³-hybridized carbons (Fsp3) is 0. The minimum absolute atomic E-state index is 0.195. The van der Waals surface area contributed by atoms with Crippen molar-refractivity contribution >= 4 is 22.4 Å². The zero-order valence-corrected chi connectivity index (χ0v) is 11.1. The Morgan fingerprint density at radius 3 is 2.67 bits per heavy atom. The highest BCUT2D eigenvalue weighted by Crippen LogP contribution is 2.29. The van der Waals surface area contributed by atoms with Crippen molar-refractivity contribution in [2.24, 2.45) is 5.73 Å². The highest BCUT2D eigenvalue weighted by atomic mass is 16.5. The van der Waals surface area contributed by atoms with Crippen LogP contribution in [0.5, 0.6) is 11.6 Å². The van der Waals surface area contributed by atoms with Gasteiger partial charge in [0.1, 0.15) is 5.75 Å². The number of amides is 1. The van der Waals surface area contributed by atoms with E-state index in [2.05, 4.69) is 4.98 Å². The molecule has 21 heavy (non-hydrogen) atoms. The lowest BCUT2D eigenvalue weighted by molar-refractivity contribution is 0.100. The summed E-state index contributed by atoms with van der Waals surface area (Å²) in [4.78, 5) is 15.4. The summed E-state index contributed by atoms with van der Waals surface area (Å²) in [7, 11) is 0. The smallest absolute Gasteiger partial charge is 0.251 e. The van der Waals surface area contributed by atoms with E-state index in [4.69, 9.17) is 16.2 Å². The first kappa shape index (κ1) is 12.9. The number of fused-ring (bicyclic) bond motifs is 1. The number of anilines is 1. The van der Waals surface area contributed by atoms with Crippen LogP contribution in [0.2, 0.25) is 0 Å². The molecule has 1 aromatic heterocycles. The molecule has 3 rings (SSSR count). The van der Waals surface area contributed by atoms with Crippen molar-refractivity contribution in [3.05, 3.63) is 60.3 Å². The largest absolute Gasteiger partial charge is 0.438 e. The van der Waals surface area contributed by atoms with Gasteiger partial charge in [-0.15, -0.1) is 0 Å². The molecule has 0 aliphatic rings. The number of primary amides is 1. The maximum Gasteiger partial charge on any atom is 0.251 e. The van der Waals surface area contributed by atoms with Crippen LogP contribution < -0.4 is 16.2 Å². The maximum absolute atomic E-state index is 11.3. The van der Waals surface area contributed by atoms with Crippen LogP contribution in [0.4, 0.5) is 5.69 Å². The Morgan fingerprint density at radius 1 is 1.10 bits per heavy atom. The molecule has 0 unspecified atom stereocenters. The topological polar surface area (TPSA) is 91.2 Å². The third kappa shape index (κ3) is 2.49. The van der Waals surface area contributed by atoms with E-state index < -0.39 is 5.91 Å². The molecule has 5 nitrogen and oxygen atoms in total. The molecule has 3 aromatic rings. The lowest BCUT2D eigenvalue weighted by atomic mass is 10.1. The van der Waals surface area contributed by atoms with Crippen molar-refractivity contribution in [2.45, 2.75) is 0 Å². The Kier molecular flexibility index (Phi) is 3.16. The number of benzene rings is 2. The molecule has 2 aromatic carbocycles. The number of carbonyl (C=O) groups excluding carboxylic acids is 1. The molecule has 1 heterocycles. The first-order chi connectivity index (χ1) is 10.1. The summed E-state index contributed by atoms with van der Waals surface area (Å²) in [6.07, 6.45) is 1.36. The Labute approximate surface area is 121 Å². The van der Waals surface area contributed by atoms with E-state index in [0.29, 0.717) is 5.75 Å². The molecule has 0 saturated heterocycles. The molecule has 0 bridgehead atoms. The van der Waals surface area contributed by atoms with Gasteiger partial charge in [-0.3, -0.25) is 4.79 Å². The number of ether oxygens (including phenoxy) is 1. The van der Waals surface area contributed by atoms with Crippen LogP contribution in [0.25, 0.3) is 10.8 Å². The molecule has 0 radical (unpaired) electrons. The van der Waals surface area contributed by atoms with E-state index in [1.807, 2.05) is 42.5 Å². The number of pyridine rings is 1. The van der Waals surface area contributed by atoms with Gasteiger partial charge >= 0.3 is 0 Å². The number of nitrogens with zero attached hydrogens (tertiary/aromatic N) is 1. The summed E-state index contributed by atoms with van der Waals surface area (Å²) in [5.41, 5.74) is 11.3. The van der Waals surface area contributed by atoms with E-state index in [1.54, 1.807) is 0 Å². The lowest BCUT2D eigenvalue weighted by Crippen LogP contribution is -2.13. The van der Waals surface area contributed by atoms with Gasteiger partial charge in [0.25, 0.3) is 5.91 Å². The van der Waals surface area contributed by atoms with Crippen LogP contribution in [0.15, 0.2) is 54.7 Å². The molecule has 4 N–H and O–H groups in total. The second-order valence-electron chi connectivity index (χ2n) is 4.55. The van der Waals surface area contributed by atoms with Gasteiger partial charge in [-0.05, 0) is 11.5 Å². The maximum atomic E-state index is 11.3. The summed E-state index contributed by atoms with van der Waals surface area (Å²) in [6.45, 7) is 0. The number of nitrogens with two attached hydrogens (primary N) is 2. The van der Waals surface area contributed by atoms with Gasteiger partial charge in [-0.25, -0.2) is 4.98 Å². The molecule has 1 amide bonds. The number of rotatable bonds is 3. The Morgan fingerprint density at radius 2 is 1.86 bits per heavy atom. The number of aromatic nitrogens is 1. The zero-order valence-electron chi connectivity index (χ0n) is 11.1. The SMILES string of the molecule is NC(=O)c1cc(Oc2cccc3ccccc23)ncc1N. The predicted molar refractivity (Wildman–Crippen MR) is 81.2 cm³/mol. The highest BCUT2D eigenvalue weighted by molar-refractivity contribution is 5.98. The Bertz CT molecular complexity index is 825. The van der Waals surface area contributed by atoms with Crippen molar-refractivity contribution in [3.8, 4) is 11.6 Å². The van der Waals surface area contributed by atoms with Gasteiger partial charge in [0.2, 0.25) is 5.88 Å².